The van der Waals surface area contributed by atoms with Gasteiger partial charge in [-0.05, 0) is 42.9 Å². The van der Waals surface area contributed by atoms with E-state index in [2.05, 4.69) is 12.1 Å². The first-order valence-electron chi connectivity index (χ1n) is 5.92. The van der Waals surface area contributed by atoms with Gasteiger partial charge in [-0.15, -0.1) is 0 Å². The number of benzene rings is 1. The van der Waals surface area contributed by atoms with Gasteiger partial charge in [-0.3, -0.25) is 4.79 Å². The molecule has 1 unspecified atom stereocenters. The SMILES string of the molecule is COc1ccc(CCC2CCC(=O)C2)cc1. The molecule has 1 aromatic rings. The van der Waals surface area contributed by atoms with Crippen molar-refractivity contribution < 1.29 is 9.53 Å². The van der Waals surface area contributed by atoms with Crippen molar-refractivity contribution >= 4 is 5.78 Å². The van der Waals surface area contributed by atoms with Crippen LogP contribution >= 0.6 is 0 Å². The van der Waals surface area contributed by atoms with Crippen molar-refractivity contribution in [3.05, 3.63) is 29.8 Å². The summed E-state index contributed by atoms with van der Waals surface area (Å²) < 4.78 is 5.12. The van der Waals surface area contributed by atoms with Crippen LogP contribution in [0.3, 0.4) is 0 Å². The number of ketones is 1. The third kappa shape index (κ3) is 2.84. The topological polar surface area (TPSA) is 26.3 Å². The maximum absolute atomic E-state index is 11.1. The molecule has 1 saturated carbocycles. The number of ether oxygens (including phenoxy) is 1. The summed E-state index contributed by atoms with van der Waals surface area (Å²) in [4.78, 5) is 11.1. The molecule has 2 nitrogen and oxygen atoms in total. The molecular weight excluding hydrogens is 200 g/mol. The Hall–Kier alpha value is -1.31. The van der Waals surface area contributed by atoms with Crippen LogP contribution in [0, 0.1) is 5.92 Å². The normalized spacial score (nSPS) is 20.1. The molecule has 1 aromatic carbocycles. The van der Waals surface area contributed by atoms with Crippen molar-refractivity contribution in [3.63, 3.8) is 0 Å². The third-order valence-corrected chi connectivity index (χ3v) is 3.35. The molecule has 0 heterocycles. The predicted molar refractivity (Wildman–Crippen MR) is 63.7 cm³/mol. The van der Waals surface area contributed by atoms with Crippen LogP contribution in [-0.4, -0.2) is 12.9 Å². The van der Waals surface area contributed by atoms with Crippen LogP contribution in [0.25, 0.3) is 0 Å². The summed E-state index contributed by atoms with van der Waals surface area (Å²) in [5, 5.41) is 0. The van der Waals surface area contributed by atoms with E-state index >= 15 is 0 Å². The number of hydrogen-bond acceptors (Lipinski definition) is 2. The summed E-state index contributed by atoms with van der Waals surface area (Å²) >= 11 is 0. The Balaban J connectivity index is 1.82. The molecule has 0 spiro atoms. The third-order valence-electron chi connectivity index (χ3n) is 3.35. The minimum atomic E-state index is 0.444. The second kappa shape index (κ2) is 5.15. The highest BCUT2D eigenvalue weighted by atomic mass is 16.5. The van der Waals surface area contributed by atoms with Crippen LogP contribution in [-0.2, 0) is 11.2 Å². The van der Waals surface area contributed by atoms with Gasteiger partial charge in [0.25, 0.3) is 0 Å². The molecule has 1 aliphatic rings. The van der Waals surface area contributed by atoms with Gasteiger partial charge in [-0.1, -0.05) is 12.1 Å². The lowest BCUT2D eigenvalue weighted by Gasteiger charge is -2.08. The smallest absolute Gasteiger partial charge is 0.133 e. The zero-order chi connectivity index (χ0) is 11.4. The lowest BCUT2D eigenvalue weighted by Crippen LogP contribution is -1.98. The van der Waals surface area contributed by atoms with Crippen molar-refractivity contribution in [2.75, 3.05) is 7.11 Å². The molecule has 1 fully saturated rings. The summed E-state index contributed by atoms with van der Waals surface area (Å²) in [6.45, 7) is 0. The van der Waals surface area contributed by atoms with Crippen molar-refractivity contribution in [3.8, 4) is 5.75 Å². The van der Waals surface area contributed by atoms with Crippen molar-refractivity contribution in [1.29, 1.82) is 0 Å². The first-order valence-corrected chi connectivity index (χ1v) is 5.92. The molecular formula is C14H18O2. The van der Waals surface area contributed by atoms with Gasteiger partial charge in [0.05, 0.1) is 7.11 Å². The predicted octanol–water partition coefficient (Wildman–Crippen LogP) is 3.00. The van der Waals surface area contributed by atoms with E-state index in [9.17, 15) is 4.79 Å². The first-order chi connectivity index (χ1) is 7.78. The highest BCUT2D eigenvalue weighted by Gasteiger charge is 2.21. The molecule has 0 radical (unpaired) electrons. The Morgan fingerprint density at radius 2 is 2.06 bits per heavy atom. The van der Waals surface area contributed by atoms with E-state index in [1.807, 2.05) is 12.1 Å². The summed E-state index contributed by atoms with van der Waals surface area (Å²) in [7, 11) is 1.68. The molecule has 86 valence electrons. The summed E-state index contributed by atoms with van der Waals surface area (Å²) in [5.41, 5.74) is 1.33. The van der Waals surface area contributed by atoms with Crippen LogP contribution in [0.5, 0.6) is 5.75 Å². The zero-order valence-corrected chi connectivity index (χ0v) is 9.74. The van der Waals surface area contributed by atoms with Crippen LogP contribution < -0.4 is 4.74 Å². The van der Waals surface area contributed by atoms with Crippen LogP contribution in [0.4, 0.5) is 0 Å². The lowest BCUT2D eigenvalue weighted by atomic mass is 9.98. The molecule has 0 saturated heterocycles. The lowest BCUT2D eigenvalue weighted by molar-refractivity contribution is -0.117. The second-order valence-corrected chi connectivity index (χ2v) is 4.53. The molecule has 1 atom stereocenters. The summed E-state index contributed by atoms with van der Waals surface area (Å²) in [6.07, 6.45) is 4.90. The first kappa shape index (κ1) is 11.2. The van der Waals surface area contributed by atoms with E-state index in [4.69, 9.17) is 4.74 Å². The second-order valence-electron chi connectivity index (χ2n) is 4.53. The Morgan fingerprint density at radius 3 is 2.62 bits per heavy atom. The van der Waals surface area contributed by atoms with Crippen molar-refractivity contribution in [1.82, 2.24) is 0 Å². The molecule has 0 N–H and O–H groups in total. The number of Topliss-reactive ketones (excluding diaryl/α,β-unsaturated/α-hetero) is 1. The number of methoxy groups -OCH3 is 1. The molecule has 0 aromatic heterocycles. The van der Waals surface area contributed by atoms with Gasteiger partial charge in [0, 0.05) is 12.8 Å². The molecule has 2 rings (SSSR count). The van der Waals surface area contributed by atoms with Crippen LogP contribution in [0.2, 0.25) is 0 Å². The minimum absolute atomic E-state index is 0.444. The molecule has 0 amide bonds. The number of carbonyl (C=O) groups excluding carboxylic acids is 1. The zero-order valence-electron chi connectivity index (χ0n) is 9.74. The largest absolute Gasteiger partial charge is 0.497 e. The Labute approximate surface area is 96.6 Å². The van der Waals surface area contributed by atoms with Gasteiger partial charge in [0.1, 0.15) is 11.5 Å². The molecule has 16 heavy (non-hydrogen) atoms. The average molecular weight is 218 g/mol. The van der Waals surface area contributed by atoms with Crippen molar-refractivity contribution in [2.45, 2.75) is 32.1 Å². The fourth-order valence-electron chi connectivity index (χ4n) is 2.30. The Morgan fingerprint density at radius 1 is 1.31 bits per heavy atom. The highest BCUT2D eigenvalue weighted by molar-refractivity contribution is 5.80. The van der Waals surface area contributed by atoms with Gasteiger partial charge < -0.3 is 4.74 Å². The van der Waals surface area contributed by atoms with Crippen molar-refractivity contribution in [2.24, 2.45) is 5.92 Å². The maximum Gasteiger partial charge on any atom is 0.133 e. The van der Waals surface area contributed by atoms with Crippen LogP contribution in [0.15, 0.2) is 24.3 Å². The summed E-state index contributed by atoms with van der Waals surface area (Å²) in [5.74, 6) is 1.97. The average Bonchev–Trinajstić information content (AvgIpc) is 2.73. The molecule has 0 aliphatic heterocycles. The molecule has 2 heteroatoms. The summed E-state index contributed by atoms with van der Waals surface area (Å²) in [6, 6.07) is 8.20. The van der Waals surface area contributed by atoms with Gasteiger partial charge in [0.2, 0.25) is 0 Å². The highest BCUT2D eigenvalue weighted by Crippen LogP contribution is 2.26. The minimum Gasteiger partial charge on any atom is -0.497 e. The van der Waals surface area contributed by atoms with Gasteiger partial charge in [-0.25, -0.2) is 0 Å². The quantitative estimate of drug-likeness (QED) is 0.776. The Kier molecular flexibility index (Phi) is 3.60. The fraction of sp³-hybridized carbons (Fsp3) is 0.500. The van der Waals surface area contributed by atoms with Gasteiger partial charge >= 0.3 is 0 Å². The van der Waals surface area contributed by atoms with E-state index in [1.54, 1.807) is 7.11 Å². The van der Waals surface area contributed by atoms with E-state index in [0.29, 0.717) is 11.7 Å². The van der Waals surface area contributed by atoms with Gasteiger partial charge in [-0.2, -0.15) is 0 Å². The number of carbonyl (C=O) groups is 1. The standard InChI is InChI=1S/C14H18O2/c1-16-14-8-5-11(6-9-14)2-3-12-4-7-13(15)10-12/h5-6,8-9,12H,2-4,7,10H2,1H3. The Bertz CT molecular complexity index is 354. The molecule has 1 aliphatic carbocycles. The van der Waals surface area contributed by atoms with Gasteiger partial charge in [0.15, 0.2) is 0 Å². The van der Waals surface area contributed by atoms with E-state index in [0.717, 1.165) is 37.9 Å². The van der Waals surface area contributed by atoms with E-state index in [-0.39, 0.29) is 0 Å². The van der Waals surface area contributed by atoms with Crippen LogP contribution in [0.1, 0.15) is 31.2 Å². The van der Waals surface area contributed by atoms with E-state index in [1.165, 1.54) is 5.56 Å². The number of aryl methyl sites for hydroxylation is 1. The van der Waals surface area contributed by atoms with E-state index < -0.39 is 0 Å². The maximum atomic E-state index is 11.1. The fourth-order valence-corrected chi connectivity index (χ4v) is 2.30. The number of rotatable bonds is 4. The monoisotopic (exact) mass is 218 g/mol. The number of hydrogen-bond donors (Lipinski definition) is 0. The molecule has 0 bridgehead atoms.